The summed E-state index contributed by atoms with van der Waals surface area (Å²) in [6.07, 6.45) is 2.16. The Morgan fingerprint density at radius 2 is 2.10 bits per heavy atom. The van der Waals surface area contributed by atoms with Crippen LogP contribution in [0.4, 0.5) is 0 Å². The van der Waals surface area contributed by atoms with Crippen LogP contribution in [0.5, 0.6) is 5.75 Å². The van der Waals surface area contributed by atoms with Crippen LogP contribution < -0.4 is 10.1 Å². The zero-order valence-electron chi connectivity index (χ0n) is 18.4. The fourth-order valence-electron chi connectivity index (χ4n) is 3.94. The van der Waals surface area contributed by atoms with Gasteiger partial charge in [0.25, 0.3) is 0 Å². The minimum atomic E-state index is -0.309. The molecule has 0 spiro atoms. The lowest BCUT2D eigenvalue weighted by atomic mass is 9.98. The summed E-state index contributed by atoms with van der Waals surface area (Å²) in [7, 11) is 2.14. The van der Waals surface area contributed by atoms with Gasteiger partial charge >= 0.3 is 0 Å². The molecular weight excluding hydrogens is 382 g/mol. The fraction of sp³-hybridized carbons (Fsp3) is 0.565. The van der Waals surface area contributed by atoms with E-state index in [9.17, 15) is 4.79 Å². The maximum atomic E-state index is 12.6. The molecule has 1 N–H and O–H groups in total. The van der Waals surface area contributed by atoms with E-state index in [1.807, 2.05) is 45.0 Å². The van der Waals surface area contributed by atoms with Crippen molar-refractivity contribution in [1.29, 1.82) is 0 Å². The molecule has 1 aromatic carbocycles. The van der Waals surface area contributed by atoms with E-state index in [0.717, 1.165) is 55.2 Å². The number of amides is 1. The van der Waals surface area contributed by atoms with E-state index >= 15 is 0 Å². The topological polar surface area (TPSA) is 76.8 Å². The van der Waals surface area contributed by atoms with Crippen LogP contribution in [0, 0.1) is 13.8 Å². The van der Waals surface area contributed by atoms with Gasteiger partial charge in [-0.15, -0.1) is 0 Å². The van der Waals surface area contributed by atoms with Crippen molar-refractivity contribution in [3.8, 4) is 5.75 Å². The molecule has 0 aliphatic carbocycles. The van der Waals surface area contributed by atoms with Crippen molar-refractivity contribution in [3.63, 3.8) is 0 Å². The Kier molecular flexibility index (Phi) is 7.87. The molecule has 1 atom stereocenters. The van der Waals surface area contributed by atoms with Crippen LogP contribution in [0.2, 0.25) is 0 Å². The van der Waals surface area contributed by atoms with Crippen LogP contribution in [-0.4, -0.2) is 55.4 Å². The molecule has 0 saturated carbocycles. The predicted molar refractivity (Wildman–Crippen MR) is 115 cm³/mol. The first-order valence-electron chi connectivity index (χ1n) is 10.7. The Morgan fingerprint density at radius 3 is 2.80 bits per heavy atom. The van der Waals surface area contributed by atoms with Crippen molar-refractivity contribution in [2.75, 3.05) is 33.4 Å². The van der Waals surface area contributed by atoms with E-state index in [2.05, 4.69) is 22.4 Å². The Hall–Kier alpha value is -2.38. The van der Waals surface area contributed by atoms with Crippen molar-refractivity contribution < 1.29 is 18.8 Å². The summed E-state index contributed by atoms with van der Waals surface area (Å²) in [4.78, 5) is 14.9. The van der Waals surface area contributed by atoms with E-state index < -0.39 is 0 Å². The summed E-state index contributed by atoms with van der Waals surface area (Å²) in [5, 5.41) is 6.94. The summed E-state index contributed by atoms with van der Waals surface area (Å²) in [5.41, 5.74) is 2.62. The van der Waals surface area contributed by atoms with Gasteiger partial charge in [-0.2, -0.15) is 0 Å². The number of nitrogens with zero attached hydrogens (tertiary/aromatic N) is 2. The molecule has 2 heterocycles. The predicted octanol–water partition coefficient (Wildman–Crippen LogP) is 3.20. The molecule has 3 rings (SSSR count). The van der Waals surface area contributed by atoms with E-state index in [1.165, 1.54) is 0 Å². The number of ether oxygens (including phenoxy) is 2. The molecule has 7 nitrogen and oxygen atoms in total. The summed E-state index contributed by atoms with van der Waals surface area (Å²) in [6, 6.07) is 8.45. The van der Waals surface area contributed by atoms with Crippen LogP contribution in [-0.2, 0) is 16.1 Å². The fourth-order valence-corrected chi connectivity index (χ4v) is 3.94. The SMILES string of the molecule is Cc1noc(C)c1C(C)C(=O)NCc1cccc(OCCN(C)C2CCOCC2)c1. The molecule has 1 aromatic heterocycles. The number of aromatic nitrogens is 1. The first kappa shape index (κ1) is 22.3. The monoisotopic (exact) mass is 415 g/mol. The number of carbonyl (C=O) groups is 1. The van der Waals surface area contributed by atoms with Crippen LogP contribution in [0.1, 0.15) is 48.3 Å². The Balaban J connectivity index is 1.46. The third kappa shape index (κ3) is 5.83. The Bertz CT molecular complexity index is 810. The number of hydrogen-bond acceptors (Lipinski definition) is 6. The highest BCUT2D eigenvalue weighted by atomic mass is 16.5. The van der Waals surface area contributed by atoms with Crippen LogP contribution in [0.15, 0.2) is 28.8 Å². The normalized spacial score (nSPS) is 15.9. The summed E-state index contributed by atoms with van der Waals surface area (Å²) >= 11 is 0. The number of carbonyl (C=O) groups excluding carboxylic acids is 1. The average Bonchev–Trinajstić information content (AvgIpc) is 3.10. The molecular formula is C23H33N3O4. The first-order valence-corrected chi connectivity index (χ1v) is 10.7. The summed E-state index contributed by atoms with van der Waals surface area (Å²) in [5.74, 6) is 1.15. The van der Waals surface area contributed by atoms with Gasteiger partial charge in [0.2, 0.25) is 5.91 Å². The standard InChI is InChI=1S/C23H33N3O4/c1-16(22-17(2)25-30-18(22)3)23(27)24-15-19-6-5-7-21(14-19)29-13-10-26(4)20-8-11-28-12-9-20/h5-7,14,16,20H,8-13,15H2,1-4H3,(H,24,27). The van der Waals surface area contributed by atoms with Crippen molar-refractivity contribution in [3.05, 3.63) is 46.8 Å². The second-order valence-electron chi connectivity index (χ2n) is 8.00. The van der Waals surface area contributed by atoms with Gasteiger partial charge in [-0.3, -0.25) is 9.69 Å². The largest absolute Gasteiger partial charge is 0.492 e. The van der Waals surface area contributed by atoms with Crippen LogP contribution in [0.25, 0.3) is 0 Å². The number of hydrogen-bond donors (Lipinski definition) is 1. The first-order chi connectivity index (χ1) is 14.5. The molecule has 1 aliphatic rings. The van der Waals surface area contributed by atoms with Crippen molar-refractivity contribution in [1.82, 2.24) is 15.4 Å². The van der Waals surface area contributed by atoms with Crippen molar-refractivity contribution in [2.24, 2.45) is 0 Å². The van der Waals surface area contributed by atoms with E-state index in [4.69, 9.17) is 14.0 Å². The Labute approximate surface area is 178 Å². The molecule has 1 aliphatic heterocycles. The van der Waals surface area contributed by atoms with E-state index in [1.54, 1.807) is 0 Å². The lowest BCUT2D eigenvalue weighted by molar-refractivity contribution is -0.122. The molecule has 0 bridgehead atoms. The number of aryl methyl sites for hydroxylation is 2. The van der Waals surface area contributed by atoms with E-state index in [-0.39, 0.29) is 11.8 Å². The molecule has 30 heavy (non-hydrogen) atoms. The molecule has 1 fully saturated rings. The Morgan fingerprint density at radius 1 is 1.33 bits per heavy atom. The number of likely N-dealkylation sites (N-methyl/N-ethyl adjacent to an activating group) is 1. The number of rotatable bonds is 9. The van der Waals surface area contributed by atoms with Gasteiger partial charge in [-0.25, -0.2) is 0 Å². The van der Waals surface area contributed by atoms with Gasteiger partial charge in [-0.05, 0) is 58.4 Å². The zero-order valence-corrected chi connectivity index (χ0v) is 18.4. The maximum absolute atomic E-state index is 12.6. The molecule has 1 saturated heterocycles. The van der Waals surface area contributed by atoms with Gasteiger partial charge in [0, 0.05) is 37.9 Å². The molecule has 2 aromatic rings. The van der Waals surface area contributed by atoms with Gasteiger partial charge in [0.1, 0.15) is 18.1 Å². The molecule has 1 amide bonds. The van der Waals surface area contributed by atoms with Crippen molar-refractivity contribution >= 4 is 5.91 Å². The van der Waals surface area contributed by atoms with Crippen LogP contribution >= 0.6 is 0 Å². The van der Waals surface area contributed by atoms with Gasteiger partial charge < -0.3 is 19.3 Å². The lowest BCUT2D eigenvalue weighted by Gasteiger charge is -2.31. The quantitative estimate of drug-likeness (QED) is 0.678. The van der Waals surface area contributed by atoms with Gasteiger partial charge in [0.05, 0.1) is 11.6 Å². The van der Waals surface area contributed by atoms with Gasteiger partial charge in [0.15, 0.2) is 0 Å². The molecule has 7 heteroatoms. The summed E-state index contributed by atoms with van der Waals surface area (Å²) in [6.45, 7) is 9.21. The maximum Gasteiger partial charge on any atom is 0.227 e. The summed E-state index contributed by atoms with van der Waals surface area (Å²) < 4.78 is 16.6. The highest BCUT2D eigenvalue weighted by molar-refractivity contribution is 5.83. The van der Waals surface area contributed by atoms with E-state index in [0.29, 0.717) is 25.0 Å². The van der Waals surface area contributed by atoms with Crippen molar-refractivity contribution in [2.45, 2.75) is 52.1 Å². The number of nitrogens with one attached hydrogen (secondary N) is 1. The molecule has 164 valence electrons. The highest BCUT2D eigenvalue weighted by Gasteiger charge is 2.22. The number of benzene rings is 1. The smallest absolute Gasteiger partial charge is 0.227 e. The average molecular weight is 416 g/mol. The lowest BCUT2D eigenvalue weighted by Crippen LogP contribution is -2.38. The zero-order chi connectivity index (χ0) is 21.5. The van der Waals surface area contributed by atoms with Crippen LogP contribution in [0.3, 0.4) is 0 Å². The molecule has 0 radical (unpaired) electrons. The minimum Gasteiger partial charge on any atom is -0.492 e. The van der Waals surface area contributed by atoms with Gasteiger partial charge in [-0.1, -0.05) is 17.3 Å². The minimum absolute atomic E-state index is 0.0474. The second kappa shape index (κ2) is 10.6. The molecule has 1 unspecified atom stereocenters. The highest BCUT2D eigenvalue weighted by Crippen LogP contribution is 2.23. The third-order valence-corrected chi connectivity index (χ3v) is 5.81. The third-order valence-electron chi connectivity index (χ3n) is 5.81. The second-order valence-corrected chi connectivity index (χ2v) is 8.00.